The molecule has 0 radical (unpaired) electrons. The highest BCUT2D eigenvalue weighted by molar-refractivity contribution is 6.31. The molecule has 0 aliphatic carbocycles. The Balaban J connectivity index is 0.000000253. The fraction of sp³-hybridized carbons (Fsp3) is 0.400. The van der Waals surface area contributed by atoms with E-state index < -0.39 is 5.60 Å². The molecule has 4 rings (SSSR count). The predicted molar refractivity (Wildman–Crippen MR) is 136 cm³/mol. The van der Waals surface area contributed by atoms with Gasteiger partial charge >= 0.3 is 6.09 Å². The molecule has 0 spiro atoms. The summed E-state index contributed by atoms with van der Waals surface area (Å²) in [6.07, 6.45) is -0.363. The van der Waals surface area contributed by atoms with Gasteiger partial charge in [0, 0.05) is 53.3 Å². The molecule has 2 fully saturated rings. The van der Waals surface area contributed by atoms with Gasteiger partial charge in [0.05, 0.1) is 5.92 Å². The Morgan fingerprint density at radius 2 is 1.24 bits per heavy atom. The number of hydrogen-bond acceptors (Lipinski definition) is 5. The van der Waals surface area contributed by atoms with Crippen LogP contribution in [0.15, 0.2) is 48.5 Å². The van der Waals surface area contributed by atoms with Crippen LogP contribution in [0.5, 0.6) is 0 Å². The first kappa shape index (κ1) is 28.1. The Labute approximate surface area is 216 Å². The van der Waals surface area contributed by atoms with Crippen LogP contribution in [0, 0.1) is 11.8 Å². The van der Waals surface area contributed by atoms with Gasteiger partial charge in [-0.1, -0.05) is 23.2 Å². The number of carbonyl (C=O) groups is 3. The zero-order chi connectivity index (χ0) is 24.2. The molecule has 0 saturated carbocycles. The van der Waals surface area contributed by atoms with Gasteiger partial charge in [0.25, 0.3) is 0 Å². The largest absolute Gasteiger partial charge is 0.444 e. The number of likely N-dealkylation sites (tertiary alicyclic amines) is 1. The maximum atomic E-state index is 12.2. The van der Waals surface area contributed by atoms with E-state index >= 15 is 0 Å². The Bertz CT molecular complexity index is 994. The Morgan fingerprint density at radius 1 is 0.824 bits per heavy atom. The zero-order valence-corrected chi connectivity index (χ0v) is 21.7. The molecule has 2 heterocycles. The summed E-state index contributed by atoms with van der Waals surface area (Å²) in [5.41, 5.74) is 0.877. The van der Waals surface area contributed by atoms with Crippen molar-refractivity contribution in [2.45, 2.75) is 26.4 Å². The minimum Gasteiger partial charge on any atom is -0.444 e. The molecule has 2 aromatic rings. The number of carbonyl (C=O) groups excluding carboxylic acids is 3. The number of ketones is 2. The normalized spacial score (nSPS) is 15.6. The molecule has 0 unspecified atom stereocenters. The van der Waals surface area contributed by atoms with Crippen LogP contribution in [0.4, 0.5) is 4.79 Å². The molecule has 2 aliphatic heterocycles. The summed E-state index contributed by atoms with van der Waals surface area (Å²) in [6.45, 7) is 7.90. The first-order chi connectivity index (χ1) is 15.5. The monoisotopic (exact) mass is 526 g/mol. The molecular weight excluding hydrogens is 499 g/mol. The third kappa shape index (κ3) is 7.70. The Hall–Kier alpha value is -2.12. The lowest BCUT2D eigenvalue weighted by Crippen LogP contribution is -2.54. The molecular formula is C25H29Cl3N2O4. The zero-order valence-electron chi connectivity index (χ0n) is 19.3. The van der Waals surface area contributed by atoms with Gasteiger partial charge in [-0.2, -0.15) is 0 Å². The highest BCUT2D eigenvalue weighted by atomic mass is 35.5. The lowest BCUT2D eigenvalue weighted by Gasteiger charge is -2.38. The molecule has 0 bridgehead atoms. The van der Waals surface area contributed by atoms with E-state index in [1.165, 1.54) is 0 Å². The number of rotatable bonds is 4. The van der Waals surface area contributed by atoms with Crippen LogP contribution in [0.1, 0.15) is 41.5 Å². The summed E-state index contributed by atoms with van der Waals surface area (Å²) in [5, 5.41) is 4.35. The summed E-state index contributed by atoms with van der Waals surface area (Å²) >= 11 is 11.5. The van der Waals surface area contributed by atoms with Gasteiger partial charge in [0.2, 0.25) is 0 Å². The van der Waals surface area contributed by atoms with Crippen LogP contribution in [0.3, 0.4) is 0 Å². The van der Waals surface area contributed by atoms with Gasteiger partial charge in [-0.3, -0.25) is 9.59 Å². The minimum atomic E-state index is -0.512. The van der Waals surface area contributed by atoms with E-state index in [9.17, 15) is 14.4 Å². The standard InChI is InChI=1S/C15H18ClNO3.C10H10ClNO.ClH/c1-15(2,3)20-14(19)17-8-11(9-17)13(18)10-4-6-12(16)7-5-10;11-9-3-1-7(2-4-9)10(13)8-5-12-6-8;/h4-7,11H,8-9H2,1-3H3;1-4,8,12H,5-6H2;1H. The van der Waals surface area contributed by atoms with Gasteiger partial charge < -0.3 is 15.0 Å². The Kier molecular flexibility index (Phi) is 9.95. The number of amides is 1. The van der Waals surface area contributed by atoms with Crippen molar-refractivity contribution in [3.63, 3.8) is 0 Å². The predicted octanol–water partition coefficient (Wildman–Crippen LogP) is 5.55. The first-order valence-electron chi connectivity index (χ1n) is 10.8. The van der Waals surface area contributed by atoms with Crippen molar-refractivity contribution in [1.29, 1.82) is 0 Å². The fourth-order valence-electron chi connectivity index (χ4n) is 3.29. The molecule has 2 saturated heterocycles. The van der Waals surface area contributed by atoms with Gasteiger partial charge in [-0.05, 0) is 69.3 Å². The first-order valence-corrected chi connectivity index (χ1v) is 11.6. The highest BCUT2D eigenvalue weighted by Crippen LogP contribution is 2.23. The van der Waals surface area contributed by atoms with Crippen LogP contribution in [-0.2, 0) is 4.74 Å². The molecule has 1 N–H and O–H groups in total. The van der Waals surface area contributed by atoms with Crippen molar-refractivity contribution in [3.8, 4) is 0 Å². The number of halogens is 3. The number of hydrogen-bond donors (Lipinski definition) is 1. The third-order valence-electron chi connectivity index (χ3n) is 5.31. The van der Waals surface area contributed by atoms with Crippen molar-refractivity contribution >= 4 is 53.3 Å². The lowest BCUT2D eigenvalue weighted by atomic mass is 9.91. The SMILES string of the molecule is CC(C)(C)OC(=O)N1CC(C(=O)c2ccc(Cl)cc2)C1.Cl.O=C(c1ccc(Cl)cc1)C1CNC1. The maximum Gasteiger partial charge on any atom is 0.410 e. The summed E-state index contributed by atoms with van der Waals surface area (Å²) < 4.78 is 5.25. The smallest absolute Gasteiger partial charge is 0.410 e. The topological polar surface area (TPSA) is 75.7 Å². The second-order valence-electron chi connectivity index (χ2n) is 9.18. The van der Waals surface area contributed by atoms with Crippen molar-refractivity contribution in [2.75, 3.05) is 26.2 Å². The van der Waals surface area contributed by atoms with E-state index in [-0.39, 0.29) is 41.9 Å². The van der Waals surface area contributed by atoms with Crippen molar-refractivity contribution in [3.05, 3.63) is 69.7 Å². The minimum absolute atomic E-state index is 0. The molecule has 1 amide bonds. The van der Waals surface area contributed by atoms with Gasteiger partial charge in [0.1, 0.15) is 5.60 Å². The summed E-state index contributed by atoms with van der Waals surface area (Å²) in [6, 6.07) is 13.9. The van der Waals surface area contributed by atoms with Crippen molar-refractivity contribution in [1.82, 2.24) is 10.2 Å². The second-order valence-corrected chi connectivity index (χ2v) is 10.1. The van der Waals surface area contributed by atoms with Gasteiger partial charge in [-0.15, -0.1) is 12.4 Å². The molecule has 0 aromatic heterocycles. The van der Waals surface area contributed by atoms with Crippen molar-refractivity contribution < 1.29 is 19.1 Å². The molecule has 34 heavy (non-hydrogen) atoms. The maximum absolute atomic E-state index is 12.2. The quantitative estimate of drug-likeness (QED) is 0.527. The van der Waals surface area contributed by atoms with Gasteiger partial charge in [0.15, 0.2) is 11.6 Å². The molecule has 184 valence electrons. The number of nitrogens with zero attached hydrogens (tertiary/aromatic N) is 1. The van der Waals surface area contributed by atoms with Gasteiger partial charge in [-0.25, -0.2) is 4.79 Å². The number of benzene rings is 2. The van der Waals surface area contributed by atoms with E-state index in [1.54, 1.807) is 53.4 Å². The number of nitrogens with one attached hydrogen (secondary N) is 1. The Morgan fingerprint density at radius 3 is 1.59 bits per heavy atom. The van der Waals surface area contributed by atoms with E-state index in [0.29, 0.717) is 28.7 Å². The van der Waals surface area contributed by atoms with E-state index in [2.05, 4.69) is 5.32 Å². The highest BCUT2D eigenvalue weighted by Gasteiger charge is 2.38. The average molecular weight is 528 g/mol. The fourth-order valence-corrected chi connectivity index (χ4v) is 3.55. The summed E-state index contributed by atoms with van der Waals surface area (Å²) in [4.78, 5) is 37.1. The molecule has 6 nitrogen and oxygen atoms in total. The van der Waals surface area contributed by atoms with Crippen LogP contribution in [0.25, 0.3) is 0 Å². The van der Waals surface area contributed by atoms with E-state index in [1.807, 2.05) is 20.8 Å². The van der Waals surface area contributed by atoms with E-state index in [0.717, 1.165) is 18.7 Å². The molecule has 2 aliphatic rings. The second kappa shape index (κ2) is 12.0. The third-order valence-corrected chi connectivity index (χ3v) is 5.82. The lowest BCUT2D eigenvalue weighted by molar-refractivity contribution is 0.00147. The summed E-state index contributed by atoms with van der Waals surface area (Å²) in [5.74, 6) is 0.279. The molecule has 9 heteroatoms. The van der Waals surface area contributed by atoms with E-state index in [4.69, 9.17) is 27.9 Å². The molecule has 0 atom stereocenters. The van der Waals surface area contributed by atoms with Crippen LogP contribution >= 0.6 is 35.6 Å². The van der Waals surface area contributed by atoms with Crippen molar-refractivity contribution in [2.24, 2.45) is 11.8 Å². The molecule has 2 aromatic carbocycles. The van der Waals surface area contributed by atoms with Crippen LogP contribution in [-0.4, -0.2) is 54.3 Å². The average Bonchev–Trinajstić information content (AvgIpc) is 2.65. The number of ether oxygens (including phenoxy) is 1. The summed E-state index contributed by atoms with van der Waals surface area (Å²) in [7, 11) is 0. The van der Waals surface area contributed by atoms with Crippen LogP contribution < -0.4 is 5.32 Å². The van der Waals surface area contributed by atoms with Crippen LogP contribution in [0.2, 0.25) is 10.0 Å². The number of Topliss-reactive ketones (excluding diaryl/α,β-unsaturated/α-hetero) is 2.